The molecule has 3 aliphatic rings. The van der Waals surface area contributed by atoms with Gasteiger partial charge >= 0.3 is 0 Å². The molecule has 0 amide bonds. The minimum atomic E-state index is 0. The summed E-state index contributed by atoms with van der Waals surface area (Å²) in [7, 11) is 2.18. The van der Waals surface area contributed by atoms with Crippen LogP contribution in [0.5, 0.6) is 5.75 Å². The molecule has 13 nitrogen and oxygen atoms in total. The molecule has 3 aromatic carbocycles. The minimum Gasteiger partial charge on any atom is -0.508 e. The number of piperazine rings is 1. The van der Waals surface area contributed by atoms with E-state index in [9.17, 15) is 5.11 Å². The fraction of sp³-hybridized carbons (Fsp3) is 0.259. The lowest BCUT2D eigenvalue weighted by Crippen LogP contribution is -2.44. The summed E-state index contributed by atoms with van der Waals surface area (Å²) in [5, 5.41) is 16.5. The summed E-state index contributed by atoms with van der Waals surface area (Å²) >= 11 is 0. The molecule has 3 aliphatic heterocycles. The van der Waals surface area contributed by atoms with E-state index in [0.717, 1.165) is 65.9 Å². The van der Waals surface area contributed by atoms with Crippen molar-refractivity contribution in [2.24, 2.45) is 9.98 Å². The summed E-state index contributed by atoms with van der Waals surface area (Å²) in [6, 6.07) is 20.1. The molecule has 0 saturated carbocycles. The zero-order valence-corrected chi connectivity index (χ0v) is 25.9. The molecule has 6 rings (SSSR count). The number of aromatic hydroxyl groups is 1. The molecule has 0 radical (unpaired) electrons. The van der Waals surface area contributed by atoms with Gasteiger partial charge in [0.25, 0.3) is 0 Å². The number of rotatable bonds is 3. The van der Waals surface area contributed by atoms with E-state index in [0.29, 0.717) is 13.1 Å². The molecule has 244 valence electrons. The number of nitrogens with zero attached hydrogens (tertiary/aromatic N) is 4. The van der Waals surface area contributed by atoms with Crippen molar-refractivity contribution in [1.29, 1.82) is 0 Å². The Morgan fingerprint density at radius 1 is 0.605 bits per heavy atom. The van der Waals surface area contributed by atoms with E-state index in [-0.39, 0.29) is 75.8 Å². The number of benzene rings is 3. The Kier molecular flexibility index (Phi) is 21.6. The third kappa shape index (κ3) is 9.91. The highest BCUT2D eigenvalue weighted by Crippen LogP contribution is 2.30. The fourth-order valence-electron chi connectivity index (χ4n) is 4.70. The lowest BCUT2D eigenvalue weighted by Gasteiger charge is -2.34. The maximum atomic E-state index is 9.53. The molecule has 1 fully saturated rings. The molecule has 0 atom stereocenters. The van der Waals surface area contributed by atoms with E-state index in [1.807, 2.05) is 12.1 Å². The van der Waals surface area contributed by atoms with Crippen molar-refractivity contribution < 1.29 is 38.0 Å². The first-order valence-electron chi connectivity index (χ1n) is 11.7. The van der Waals surface area contributed by atoms with E-state index in [1.165, 1.54) is 11.3 Å². The SMILES string of the molecule is CN1CCN(c2ccc3c(c2)CN=C(c2ccc4c(c2)CN=C(c2ccc(O)cc2)N4)N3)CC1.Cl.Cl.Cl.O.O.O.O.O.O. The number of phenolic OH excluding ortho intramolecular Hbond substituents is 1. The number of amidine groups is 2. The number of anilines is 3. The first-order valence-corrected chi connectivity index (χ1v) is 11.7. The van der Waals surface area contributed by atoms with Crippen molar-refractivity contribution in [2.75, 3.05) is 48.8 Å². The molecule has 0 spiro atoms. The van der Waals surface area contributed by atoms with Crippen molar-refractivity contribution in [1.82, 2.24) is 4.90 Å². The largest absolute Gasteiger partial charge is 0.508 e. The van der Waals surface area contributed by atoms with E-state index >= 15 is 0 Å². The molecule has 3 aromatic rings. The number of hydrogen-bond acceptors (Lipinski definition) is 7. The smallest absolute Gasteiger partial charge is 0.133 e. The predicted octanol–water partition coefficient (Wildman–Crippen LogP) is 0.206. The van der Waals surface area contributed by atoms with Gasteiger partial charge in [0, 0.05) is 54.4 Å². The first-order chi connectivity index (χ1) is 16.6. The number of nitrogens with one attached hydrogen (secondary N) is 2. The molecule has 1 saturated heterocycles. The van der Waals surface area contributed by atoms with Gasteiger partial charge in [-0.25, -0.2) is 0 Å². The molecular formula is C27H43Cl3N6O7. The Morgan fingerprint density at radius 3 is 1.63 bits per heavy atom. The van der Waals surface area contributed by atoms with Crippen LogP contribution < -0.4 is 15.5 Å². The van der Waals surface area contributed by atoms with Crippen molar-refractivity contribution >= 4 is 66.0 Å². The van der Waals surface area contributed by atoms with E-state index in [1.54, 1.807) is 12.1 Å². The number of phenols is 1. The van der Waals surface area contributed by atoms with Crippen LogP contribution in [0.15, 0.2) is 70.6 Å². The topological polar surface area (TPSA) is 264 Å². The summed E-state index contributed by atoms with van der Waals surface area (Å²) in [5.41, 5.74) is 7.87. The Labute approximate surface area is 268 Å². The van der Waals surface area contributed by atoms with Gasteiger partial charge in [-0.2, -0.15) is 0 Å². The lowest BCUT2D eigenvalue weighted by molar-refractivity contribution is 0.313. The van der Waals surface area contributed by atoms with Gasteiger partial charge in [0.1, 0.15) is 17.4 Å². The molecule has 43 heavy (non-hydrogen) atoms. The van der Waals surface area contributed by atoms with Gasteiger partial charge in [-0.05, 0) is 78.8 Å². The number of hydrogen-bond donors (Lipinski definition) is 3. The van der Waals surface area contributed by atoms with E-state index in [2.05, 4.69) is 63.9 Å². The Balaban J connectivity index is -0.000000845. The van der Waals surface area contributed by atoms with Crippen LogP contribution in [0.3, 0.4) is 0 Å². The normalized spacial score (nSPS) is 13.9. The average molecular weight is 670 g/mol. The van der Waals surface area contributed by atoms with Gasteiger partial charge in [0.05, 0.1) is 13.1 Å². The summed E-state index contributed by atoms with van der Waals surface area (Å²) in [4.78, 5) is 14.4. The molecule has 0 aromatic heterocycles. The molecule has 0 aliphatic carbocycles. The van der Waals surface area contributed by atoms with Crippen molar-refractivity contribution in [2.45, 2.75) is 13.1 Å². The molecular weight excluding hydrogens is 627 g/mol. The van der Waals surface area contributed by atoms with Gasteiger partial charge in [-0.15, -0.1) is 37.2 Å². The van der Waals surface area contributed by atoms with Crippen LogP contribution in [0.2, 0.25) is 0 Å². The minimum absolute atomic E-state index is 0. The van der Waals surface area contributed by atoms with Crippen LogP contribution >= 0.6 is 37.2 Å². The van der Waals surface area contributed by atoms with Crippen molar-refractivity contribution in [3.05, 3.63) is 82.9 Å². The number of halogens is 3. The maximum absolute atomic E-state index is 9.53. The summed E-state index contributed by atoms with van der Waals surface area (Å²) < 4.78 is 0. The maximum Gasteiger partial charge on any atom is 0.133 e. The highest BCUT2D eigenvalue weighted by Gasteiger charge is 2.20. The predicted molar refractivity (Wildman–Crippen MR) is 182 cm³/mol. The molecule has 3 heterocycles. The second-order valence-corrected chi connectivity index (χ2v) is 9.13. The standard InChI is InChI=1S/C27H28N6O.3ClH.6H2O/c1-32-10-12-33(13-11-32)22-5-9-25-21(15-22)17-29-27(31-25)19-4-8-24-20(14-19)16-28-26(30-24)18-2-6-23(34)7-3-18;;;;;;;;;/h2-9,14-15,34H,10-13,16-17H2,1H3,(H,28,30)(H,29,31);3*1H;6*1H2. The average Bonchev–Trinajstić information content (AvgIpc) is 2.88. The van der Waals surface area contributed by atoms with Crippen LogP contribution in [0.4, 0.5) is 17.1 Å². The van der Waals surface area contributed by atoms with Gasteiger partial charge in [-0.3, -0.25) is 9.98 Å². The monoisotopic (exact) mass is 668 g/mol. The van der Waals surface area contributed by atoms with Crippen LogP contribution in [0.25, 0.3) is 0 Å². The molecule has 0 bridgehead atoms. The Morgan fingerprint density at radius 2 is 1.07 bits per heavy atom. The second-order valence-electron chi connectivity index (χ2n) is 9.13. The zero-order chi connectivity index (χ0) is 23.1. The van der Waals surface area contributed by atoms with Crippen molar-refractivity contribution in [3.8, 4) is 5.75 Å². The van der Waals surface area contributed by atoms with E-state index in [4.69, 9.17) is 9.98 Å². The molecule has 15 N–H and O–H groups in total. The Bertz CT molecular complexity index is 1320. The highest BCUT2D eigenvalue weighted by atomic mass is 35.5. The Hall–Kier alpha value is -3.21. The van der Waals surface area contributed by atoms with Crippen LogP contribution in [0, 0.1) is 0 Å². The van der Waals surface area contributed by atoms with Crippen LogP contribution in [-0.4, -0.2) is 87.8 Å². The summed E-state index contributed by atoms with van der Waals surface area (Å²) in [6.45, 7) is 5.62. The van der Waals surface area contributed by atoms with Crippen molar-refractivity contribution in [3.63, 3.8) is 0 Å². The third-order valence-electron chi connectivity index (χ3n) is 6.80. The van der Waals surface area contributed by atoms with Gasteiger partial charge in [-0.1, -0.05) is 0 Å². The van der Waals surface area contributed by atoms with Crippen LogP contribution in [0.1, 0.15) is 22.3 Å². The van der Waals surface area contributed by atoms with E-state index < -0.39 is 0 Å². The third-order valence-corrected chi connectivity index (χ3v) is 6.80. The highest BCUT2D eigenvalue weighted by molar-refractivity contribution is 6.12. The second kappa shape index (κ2) is 19.9. The van der Waals surface area contributed by atoms with Crippen LogP contribution in [-0.2, 0) is 13.1 Å². The van der Waals surface area contributed by atoms with Gasteiger partial charge in [0.15, 0.2) is 0 Å². The molecule has 16 heteroatoms. The molecule has 0 unspecified atom stereocenters. The van der Waals surface area contributed by atoms with Gasteiger partial charge in [0.2, 0.25) is 0 Å². The summed E-state index contributed by atoms with van der Waals surface area (Å²) in [5.74, 6) is 1.97. The fourth-order valence-corrected chi connectivity index (χ4v) is 4.70. The first kappa shape index (κ1) is 46.7. The lowest BCUT2D eigenvalue weighted by atomic mass is 10.0. The number of aliphatic imine (C=N–C) groups is 2. The summed E-state index contributed by atoms with van der Waals surface area (Å²) in [6.07, 6.45) is 0. The van der Waals surface area contributed by atoms with Gasteiger partial charge < -0.3 is 58.4 Å². The number of likely N-dealkylation sites (N-methyl/N-ethyl adjacent to an activating group) is 1. The zero-order valence-electron chi connectivity index (χ0n) is 23.5. The number of fused-ring (bicyclic) bond motifs is 2. The quantitative estimate of drug-likeness (QED) is 0.352.